The van der Waals surface area contributed by atoms with Crippen LogP contribution in [0.2, 0.25) is 0 Å². The van der Waals surface area contributed by atoms with Crippen molar-refractivity contribution in [2.75, 3.05) is 20.3 Å². The maximum atomic E-state index is 13.4. The van der Waals surface area contributed by atoms with Crippen LogP contribution in [0.25, 0.3) is 0 Å². The lowest BCUT2D eigenvalue weighted by Crippen LogP contribution is -2.26. The van der Waals surface area contributed by atoms with E-state index in [1.807, 2.05) is 5.48 Å². The molecule has 1 amide bonds. The van der Waals surface area contributed by atoms with E-state index in [-0.39, 0.29) is 13.2 Å². The van der Waals surface area contributed by atoms with E-state index < -0.39 is 33.7 Å². The molecule has 0 aliphatic rings. The van der Waals surface area contributed by atoms with Crippen molar-refractivity contribution >= 4 is 11.6 Å². The Hall–Kier alpha value is -2.13. The minimum Gasteiger partial charge on any atom is -0.382 e. The topological polar surface area (TPSA) is 90.7 Å². The highest BCUT2D eigenvalue weighted by molar-refractivity contribution is 5.94. The summed E-state index contributed by atoms with van der Waals surface area (Å²) in [4.78, 5) is 25.3. The standard InChI is InChI=1S/C10H10F2N2O5/c1-18-2-3-19-13-10(15)6-4-8(12)9(14(16)17)5-7(6)11/h4-5H,2-3H2,1H3,(H,13,15). The van der Waals surface area contributed by atoms with Gasteiger partial charge in [0, 0.05) is 7.11 Å². The predicted molar refractivity (Wildman–Crippen MR) is 58.3 cm³/mol. The Balaban J connectivity index is 2.81. The summed E-state index contributed by atoms with van der Waals surface area (Å²) in [6.45, 7) is 0.205. The Morgan fingerprint density at radius 2 is 2.05 bits per heavy atom. The van der Waals surface area contributed by atoms with Crippen LogP contribution < -0.4 is 5.48 Å². The monoisotopic (exact) mass is 276 g/mol. The van der Waals surface area contributed by atoms with E-state index in [1.165, 1.54) is 7.11 Å². The quantitative estimate of drug-likeness (QED) is 0.478. The first kappa shape index (κ1) is 14.9. The predicted octanol–water partition coefficient (Wildman–Crippen LogP) is 1.18. The molecule has 1 aromatic rings. The van der Waals surface area contributed by atoms with E-state index in [0.29, 0.717) is 12.1 Å². The summed E-state index contributed by atoms with van der Waals surface area (Å²) in [5, 5.41) is 10.4. The number of halogens is 2. The lowest BCUT2D eigenvalue weighted by Gasteiger charge is -2.06. The molecule has 0 aromatic heterocycles. The van der Waals surface area contributed by atoms with Gasteiger partial charge in [0.15, 0.2) is 0 Å². The van der Waals surface area contributed by atoms with Crippen molar-refractivity contribution in [2.45, 2.75) is 0 Å². The molecule has 19 heavy (non-hydrogen) atoms. The highest BCUT2D eigenvalue weighted by Crippen LogP contribution is 2.21. The first-order chi connectivity index (χ1) is 8.97. The zero-order valence-electron chi connectivity index (χ0n) is 9.81. The van der Waals surface area contributed by atoms with Gasteiger partial charge in [-0.2, -0.15) is 4.39 Å². The molecule has 0 aliphatic heterocycles. The van der Waals surface area contributed by atoms with Crippen molar-refractivity contribution in [1.82, 2.24) is 5.48 Å². The van der Waals surface area contributed by atoms with Crippen LogP contribution in [-0.4, -0.2) is 31.2 Å². The molecule has 1 N–H and O–H groups in total. The third kappa shape index (κ3) is 3.93. The summed E-state index contributed by atoms with van der Waals surface area (Å²) in [6, 6.07) is 0.766. The smallest absolute Gasteiger partial charge is 0.307 e. The van der Waals surface area contributed by atoms with E-state index in [1.54, 1.807) is 0 Å². The number of hydrogen-bond donors (Lipinski definition) is 1. The number of benzene rings is 1. The van der Waals surface area contributed by atoms with Gasteiger partial charge >= 0.3 is 5.69 Å². The molecule has 0 saturated carbocycles. The first-order valence-corrected chi connectivity index (χ1v) is 5.02. The van der Waals surface area contributed by atoms with Crippen LogP contribution in [0.3, 0.4) is 0 Å². The molecular weight excluding hydrogens is 266 g/mol. The molecule has 0 aliphatic carbocycles. The normalized spacial score (nSPS) is 10.3. The number of carbonyl (C=O) groups is 1. The van der Waals surface area contributed by atoms with Gasteiger partial charge in [-0.25, -0.2) is 9.87 Å². The molecule has 0 saturated heterocycles. The van der Waals surface area contributed by atoms with E-state index in [0.717, 1.165) is 0 Å². The van der Waals surface area contributed by atoms with E-state index in [4.69, 9.17) is 0 Å². The number of rotatable bonds is 6. The number of ether oxygens (including phenoxy) is 1. The number of methoxy groups -OCH3 is 1. The van der Waals surface area contributed by atoms with Crippen molar-refractivity contribution in [3.8, 4) is 0 Å². The third-order valence-electron chi connectivity index (χ3n) is 2.03. The summed E-state index contributed by atoms with van der Waals surface area (Å²) in [5.74, 6) is -3.59. The fourth-order valence-electron chi connectivity index (χ4n) is 1.15. The summed E-state index contributed by atoms with van der Waals surface area (Å²) in [6.07, 6.45) is 0. The highest BCUT2D eigenvalue weighted by Gasteiger charge is 2.22. The van der Waals surface area contributed by atoms with Crippen molar-refractivity contribution in [2.24, 2.45) is 0 Å². The van der Waals surface area contributed by atoms with Gasteiger partial charge in [0.25, 0.3) is 5.91 Å². The second-order valence-corrected chi connectivity index (χ2v) is 3.31. The van der Waals surface area contributed by atoms with E-state index in [2.05, 4.69) is 9.57 Å². The minimum atomic E-state index is -1.31. The van der Waals surface area contributed by atoms with Gasteiger partial charge in [0.2, 0.25) is 5.82 Å². The largest absolute Gasteiger partial charge is 0.382 e. The van der Waals surface area contributed by atoms with Crippen molar-refractivity contribution in [1.29, 1.82) is 0 Å². The molecule has 104 valence electrons. The van der Waals surface area contributed by atoms with Gasteiger partial charge in [-0.1, -0.05) is 0 Å². The maximum Gasteiger partial charge on any atom is 0.307 e. The van der Waals surface area contributed by atoms with Gasteiger partial charge in [-0.05, 0) is 6.07 Å². The molecule has 0 heterocycles. The maximum absolute atomic E-state index is 13.4. The Morgan fingerprint density at radius 3 is 2.63 bits per heavy atom. The molecule has 0 radical (unpaired) electrons. The van der Waals surface area contributed by atoms with Gasteiger partial charge in [-0.15, -0.1) is 0 Å². The molecule has 1 aromatic carbocycles. The third-order valence-corrected chi connectivity index (χ3v) is 2.03. The van der Waals surface area contributed by atoms with Crippen molar-refractivity contribution < 1.29 is 28.1 Å². The summed E-state index contributed by atoms with van der Waals surface area (Å²) in [5.41, 5.74) is 0.114. The SMILES string of the molecule is COCCONC(=O)c1cc(F)c([N+](=O)[O-])cc1F. The molecule has 0 unspecified atom stereocenters. The number of nitro benzene ring substituents is 1. The summed E-state index contributed by atoms with van der Waals surface area (Å²) < 4.78 is 31.3. The highest BCUT2D eigenvalue weighted by atomic mass is 19.1. The van der Waals surface area contributed by atoms with Crippen LogP contribution in [0, 0.1) is 21.7 Å². The molecule has 0 bridgehead atoms. The van der Waals surface area contributed by atoms with Crippen molar-refractivity contribution in [3.05, 3.63) is 39.4 Å². The number of nitro groups is 1. The second kappa shape index (κ2) is 6.71. The van der Waals surface area contributed by atoms with Crippen LogP contribution in [-0.2, 0) is 9.57 Å². The van der Waals surface area contributed by atoms with Gasteiger partial charge < -0.3 is 4.74 Å². The van der Waals surface area contributed by atoms with Gasteiger partial charge in [-0.3, -0.25) is 19.7 Å². The van der Waals surface area contributed by atoms with Crippen LogP contribution in [0.1, 0.15) is 10.4 Å². The molecule has 9 heteroatoms. The van der Waals surface area contributed by atoms with Gasteiger partial charge in [0.1, 0.15) is 5.82 Å². The Bertz CT molecular complexity index is 495. The number of hydroxylamine groups is 1. The van der Waals surface area contributed by atoms with Crippen LogP contribution in [0.15, 0.2) is 12.1 Å². The van der Waals surface area contributed by atoms with Gasteiger partial charge in [0.05, 0.1) is 29.8 Å². The van der Waals surface area contributed by atoms with Crippen LogP contribution in [0.4, 0.5) is 14.5 Å². The number of nitrogens with one attached hydrogen (secondary N) is 1. The first-order valence-electron chi connectivity index (χ1n) is 5.02. The van der Waals surface area contributed by atoms with Crippen LogP contribution in [0.5, 0.6) is 0 Å². The number of hydrogen-bond acceptors (Lipinski definition) is 5. The summed E-state index contributed by atoms with van der Waals surface area (Å²) in [7, 11) is 1.41. The average molecular weight is 276 g/mol. The number of nitrogens with zero attached hydrogens (tertiary/aromatic N) is 1. The van der Waals surface area contributed by atoms with E-state index >= 15 is 0 Å². The fraction of sp³-hybridized carbons (Fsp3) is 0.300. The summed E-state index contributed by atoms with van der Waals surface area (Å²) >= 11 is 0. The minimum absolute atomic E-state index is 0.0132. The number of amides is 1. The Morgan fingerprint density at radius 1 is 1.37 bits per heavy atom. The zero-order valence-corrected chi connectivity index (χ0v) is 9.81. The zero-order chi connectivity index (χ0) is 14.4. The lowest BCUT2D eigenvalue weighted by molar-refractivity contribution is -0.387. The molecule has 0 atom stereocenters. The fourth-order valence-corrected chi connectivity index (χ4v) is 1.15. The average Bonchev–Trinajstić information content (AvgIpc) is 2.36. The number of carbonyl (C=O) groups excluding carboxylic acids is 1. The molecule has 0 fully saturated rings. The van der Waals surface area contributed by atoms with E-state index in [9.17, 15) is 23.7 Å². The molecular formula is C10H10F2N2O5. The molecule has 0 spiro atoms. The lowest BCUT2D eigenvalue weighted by atomic mass is 10.1. The molecule has 1 rings (SSSR count). The Labute approximate surface area is 106 Å². The van der Waals surface area contributed by atoms with Crippen LogP contribution >= 0.6 is 0 Å². The van der Waals surface area contributed by atoms with Crippen molar-refractivity contribution in [3.63, 3.8) is 0 Å². The second-order valence-electron chi connectivity index (χ2n) is 3.31. The Kier molecular flexibility index (Phi) is 5.27. The molecule has 7 nitrogen and oxygen atoms in total.